The number of hydrogen-bond donors (Lipinski definition) is 1. The molecule has 1 fully saturated rings. The third-order valence-electron chi connectivity index (χ3n) is 6.73. The Balaban J connectivity index is 1.83. The molecule has 202 valence electrons. The number of amides is 1. The van der Waals surface area contributed by atoms with E-state index in [0.717, 1.165) is 16.7 Å². The van der Waals surface area contributed by atoms with E-state index in [1.54, 1.807) is 57.4 Å². The normalized spacial score (nSPS) is 16.6. The predicted octanol–water partition coefficient (Wildman–Crippen LogP) is 5.74. The summed E-state index contributed by atoms with van der Waals surface area (Å²) in [5.41, 5.74) is 4.82. The Bertz CT molecular complexity index is 1470. The zero-order valence-corrected chi connectivity index (χ0v) is 23.1. The lowest BCUT2D eigenvalue weighted by Gasteiger charge is -2.26. The molecule has 7 nitrogen and oxygen atoms in total. The van der Waals surface area contributed by atoms with Gasteiger partial charge in [0, 0.05) is 11.3 Å². The third-order valence-corrected chi connectivity index (χ3v) is 6.73. The summed E-state index contributed by atoms with van der Waals surface area (Å²) in [5.74, 6) is -1.42. The molecule has 0 aromatic heterocycles. The number of nitrogens with zero attached hydrogens (tertiary/aromatic N) is 1. The highest BCUT2D eigenvalue weighted by molar-refractivity contribution is 6.51. The molecule has 1 unspecified atom stereocenters. The smallest absolute Gasteiger partial charge is 0.310 e. The Hall–Kier alpha value is -4.39. The molecule has 7 heteroatoms. The average molecular weight is 528 g/mol. The van der Waals surface area contributed by atoms with E-state index >= 15 is 0 Å². The molecule has 1 aliphatic rings. The number of carbonyl (C=O) groups excluding carboxylic acids is 3. The van der Waals surface area contributed by atoms with Gasteiger partial charge >= 0.3 is 5.97 Å². The van der Waals surface area contributed by atoms with E-state index in [2.05, 4.69) is 0 Å². The Kier molecular flexibility index (Phi) is 7.90. The maximum absolute atomic E-state index is 13.5. The number of hydrogen-bond acceptors (Lipinski definition) is 6. The molecule has 0 radical (unpaired) electrons. The standard InChI is InChI=1S/C32H33NO6/c1-18(2)39-27(34)17-22-10-12-24(13-11-22)33-29(23-9-7-8-19(3)14-23)28(31(36)32(33)37)30(35)25-15-21(5)26(38-6)16-20(25)4/h7-16,18,29,35H,17H2,1-6H3/b30-28+. The van der Waals surface area contributed by atoms with E-state index < -0.39 is 17.7 Å². The molecule has 4 rings (SSSR count). The van der Waals surface area contributed by atoms with Gasteiger partial charge in [-0.3, -0.25) is 19.3 Å². The van der Waals surface area contributed by atoms with E-state index in [1.807, 2.05) is 45.0 Å². The van der Waals surface area contributed by atoms with Gasteiger partial charge in [0.05, 0.1) is 31.2 Å². The maximum Gasteiger partial charge on any atom is 0.310 e. The van der Waals surface area contributed by atoms with Crippen molar-refractivity contribution in [3.63, 3.8) is 0 Å². The molecular formula is C32H33NO6. The van der Waals surface area contributed by atoms with Gasteiger partial charge in [-0.2, -0.15) is 0 Å². The fourth-order valence-electron chi connectivity index (χ4n) is 4.91. The Morgan fingerprint density at radius 1 is 0.974 bits per heavy atom. The monoisotopic (exact) mass is 527 g/mol. The number of rotatable bonds is 7. The molecular weight excluding hydrogens is 494 g/mol. The van der Waals surface area contributed by atoms with Crippen molar-refractivity contribution in [1.82, 2.24) is 0 Å². The van der Waals surface area contributed by atoms with Gasteiger partial charge in [-0.25, -0.2) is 0 Å². The van der Waals surface area contributed by atoms with Gasteiger partial charge < -0.3 is 14.6 Å². The molecule has 1 N–H and O–H groups in total. The zero-order valence-electron chi connectivity index (χ0n) is 23.1. The number of aliphatic hydroxyl groups is 1. The first kappa shape index (κ1) is 27.6. The number of esters is 1. The summed E-state index contributed by atoms with van der Waals surface area (Å²) in [5, 5.41) is 11.5. The van der Waals surface area contributed by atoms with Crippen molar-refractivity contribution in [3.8, 4) is 5.75 Å². The van der Waals surface area contributed by atoms with Crippen LogP contribution < -0.4 is 9.64 Å². The summed E-state index contributed by atoms with van der Waals surface area (Å²) in [6, 6.07) is 17.1. The molecule has 3 aromatic carbocycles. The van der Waals surface area contributed by atoms with Crippen molar-refractivity contribution in [3.05, 3.63) is 99.6 Å². The summed E-state index contributed by atoms with van der Waals surface area (Å²) >= 11 is 0. The van der Waals surface area contributed by atoms with Gasteiger partial charge in [0.2, 0.25) is 0 Å². The van der Waals surface area contributed by atoms with Gasteiger partial charge in [0.1, 0.15) is 11.5 Å². The number of benzene rings is 3. The molecule has 0 saturated carbocycles. The maximum atomic E-state index is 13.5. The van der Waals surface area contributed by atoms with Crippen molar-refractivity contribution in [1.29, 1.82) is 0 Å². The second kappa shape index (κ2) is 11.2. The molecule has 1 amide bonds. The summed E-state index contributed by atoms with van der Waals surface area (Å²) < 4.78 is 10.6. The van der Waals surface area contributed by atoms with E-state index in [1.165, 1.54) is 4.90 Å². The van der Waals surface area contributed by atoms with E-state index in [0.29, 0.717) is 28.1 Å². The predicted molar refractivity (Wildman–Crippen MR) is 150 cm³/mol. The molecule has 0 bridgehead atoms. The first-order valence-corrected chi connectivity index (χ1v) is 12.8. The summed E-state index contributed by atoms with van der Waals surface area (Å²) in [6.45, 7) is 9.18. The molecule has 1 saturated heterocycles. The number of ketones is 1. The first-order chi connectivity index (χ1) is 18.5. The van der Waals surface area contributed by atoms with Crippen LogP contribution in [-0.4, -0.2) is 36.0 Å². The quantitative estimate of drug-likeness (QED) is 0.182. The number of anilines is 1. The minimum absolute atomic E-state index is 0.0165. The van der Waals surface area contributed by atoms with Crippen LogP contribution in [0.15, 0.2) is 66.2 Å². The number of carbonyl (C=O) groups is 3. The van der Waals surface area contributed by atoms with Gasteiger partial charge in [-0.1, -0.05) is 42.0 Å². The molecule has 1 aliphatic heterocycles. The molecule has 39 heavy (non-hydrogen) atoms. The number of methoxy groups -OCH3 is 1. The highest BCUT2D eigenvalue weighted by Crippen LogP contribution is 2.43. The summed E-state index contributed by atoms with van der Waals surface area (Å²) in [4.78, 5) is 40.5. The number of aliphatic hydroxyl groups excluding tert-OH is 1. The average Bonchev–Trinajstić information content (AvgIpc) is 3.15. The van der Waals surface area contributed by atoms with Gasteiger partial charge in [-0.15, -0.1) is 0 Å². The Morgan fingerprint density at radius 2 is 1.67 bits per heavy atom. The molecule has 0 spiro atoms. The minimum Gasteiger partial charge on any atom is -0.507 e. The number of Topliss-reactive ketones (excluding diaryl/α,β-unsaturated/α-hetero) is 1. The zero-order chi connectivity index (χ0) is 28.4. The first-order valence-electron chi connectivity index (χ1n) is 12.8. The highest BCUT2D eigenvalue weighted by atomic mass is 16.5. The number of ether oxygens (including phenoxy) is 2. The van der Waals surface area contributed by atoms with Crippen molar-refractivity contribution in [2.75, 3.05) is 12.0 Å². The van der Waals surface area contributed by atoms with Crippen LogP contribution in [0.3, 0.4) is 0 Å². The highest BCUT2D eigenvalue weighted by Gasteiger charge is 2.47. The van der Waals surface area contributed by atoms with E-state index in [4.69, 9.17) is 9.47 Å². The second-order valence-electron chi connectivity index (χ2n) is 10.1. The molecule has 1 atom stereocenters. The summed E-state index contributed by atoms with van der Waals surface area (Å²) in [7, 11) is 1.57. The van der Waals surface area contributed by atoms with Crippen LogP contribution in [0.2, 0.25) is 0 Å². The fraction of sp³-hybridized carbons (Fsp3) is 0.281. The Labute approximate surface area is 228 Å². The second-order valence-corrected chi connectivity index (χ2v) is 10.1. The largest absolute Gasteiger partial charge is 0.507 e. The van der Waals surface area contributed by atoms with Crippen LogP contribution in [0.5, 0.6) is 5.75 Å². The summed E-state index contributed by atoms with van der Waals surface area (Å²) in [6.07, 6.45) is -0.120. The van der Waals surface area contributed by atoms with Crippen molar-refractivity contribution in [2.24, 2.45) is 0 Å². The van der Waals surface area contributed by atoms with Crippen molar-refractivity contribution < 1.29 is 29.0 Å². The lowest BCUT2D eigenvalue weighted by molar-refractivity contribution is -0.146. The topological polar surface area (TPSA) is 93.1 Å². The third kappa shape index (κ3) is 5.58. The van der Waals surface area contributed by atoms with Crippen molar-refractivity contribution >= 4 is 29.1 Å². The fourth-order valence-corrected chi connectivity index (χ4v) is 4.91. The SMILES string of the molecule is COc1cc(C)c(/C(O)=C2\C(=O)C(=O)N(c3ccc(CC(=O)OC(C)C)cc3)C2c2cccc(C)c2)cc1C. The van der Waals surface area contributed by atoms with E-state index in [9.17, 15) is 19.5 Å². The Morgan fingerprint density at radius 3 is 2.28 bits per heavy atom. The lowest BCUT2D eigenvalue weighted by Crippen LogP contribution is -2.29. The van der Waals surface area contributed by atoms with Crippen LogP contribution in [-0.2, 0) is 25.5 Å². The van der Waals surface area contributed by atoms with Crippen LogP contribution >= 0.6 is 0 Å². The molecule has 3 aromatic rings. The minimum atomic E-state index is -0.844. The number of aryl methyl sites for hydroxylation is 3. The van der Waals surface area contributed by atoms with Crippen LogP contribution in [0.1, 0.15) is 53.3 Å². The lowest BCUT2D eigenvalue weighted by atomic mass is 9.92. The van der Waals surface area contributed by atoms with Gasteiger partial charge in [-0.05, 0) is 81.1 Å². The van der Waals surface area contributed by atoms with Crippen molar-refractivity contribution in [2.45, 2.75) is 53.2 Å². The van der Waals surface area contributed by atoms with Crippen LogP contribution in [0, 0.1) is 20.8 Å². The molecule has 0 aliphatic carbocycles. The van der Waals surface area contributed by atoms with Crippen LogP contribution in [0.25, 0.3) is 5.76 Å². The van der Waals surface area contributed by atoms with Crippen LogP contribution in [0.4, 0.5) is 5.69 Å². The van der Waals surface area contributed by atoms with Gasteiger partial charge in [0.25, 0.3) is 11.7 Å². The van der Waals surface area contributed by atoms with E-state index in [-0.39, 0.29) is 29.8 Å². The molecule has 1 heterocycles. The van der Waals surface area contributed by atoms with Gasteiger partial charge in [0.15, 0.2) is 0 Å².